The van der Waals surface area contributed by atoms with Gasteiger partial charge in [-0.3, -0.25) is 9.59 Å². The van der Waals surface area contributed by atoms with Gasteiger partial charge in [0.05, 0.1) is 13.2 Å². The molecule has 2 N–H and O–H groups in total. The number of nitrogens with one attached hydrogen (secondary N) is 2. The number of hydrogen-bond donors (Lipinski definition) is 2. The van der Waals surface area contributed by atoms with Gasteiger partial charge < -0.3 is 25.0 Å². The van der Waals surface area contributed by atoms with Gasteiger partial charge >= 0.3 is 11.8 Å². The number of carbonyl (C=O) groups excluding carboxylic acids is 2. The summed E-state index contributed by atoms with van der Waals surface area (Å²) in [6.45, 7) is 3.03. The first kappa shape index (κ1) is 16.6. The maximum Gasteiger partial charge on any atom is 0.313 e. The van der Waals surface area contributed by atoms with Gasteiger partial charge in [-0.25, -0.2) is 0 Å². The highest BCUT2D eigenvalue weighted by Gasteiger charge is 2.22. The molecule has 2 heterocycles. The summed E-state index contributed by atoms with van der Waals surface area (Å²) in [5, 5.41) is 5.41. The number of anilines is 1. The fraction of sp³-hybridized carbons (Fsp3) is 0.529. The molecular formula is C17H23N3O4. The van der Waals surface area contributed by atoms with E-state index >= 15 is 0 Å². The van der Waals surface area contributed by atoms with Crippen LogP contribution in [0.25, 0.3) is 0 Å². The number of piperidine rings is 1. The second-order valence-electron chi connectivity index (χ2n) is 6.22. The zero-order valence-electron chi connectivity index (χ0n) is 13.8. The van der Waals surface area contributed by atoms with Gasteiger partial charge in [-0.05, 0) is 45.1 Å². The first-order chi connectivity index (χ1) is 11.6. The highest BCUT2D eigenvalue weighted by atomic mass is 16.5. The third-order valence-electron chi connectivity index (χ3n) is 4.27. The molecule has 1 fully saturated rings. The van der Waals surface area contributed by atoms with E-state index in [9.17, 15) is 9.59 Å². The molecule has 7 heteroatoms. The third kappa shape index (κ3) is 4.17. The number of amides is 2. The van der Waals surface area contributed by atoms with Gasteiger partial charge in [0.15, 0.2) is 11.5 Å². The minimum absolute atomic E-state index is 0.0585. The molecular weight excluding hydrogens is 310 g/mol. The van der Waals surface area contributed by atoms with Crippen LogP contribution in [0.3, 0.4) is 0 Å². The summed E-state index contributed by atoms with van der Waals surface area (Å²) < 4.78 is 11.1. The molecule has 2 aliphatic heterocycles. The number of hydrogen-bond acceptors (Lipinski definition) is 5. The van der Waals surface area contributed by atoms with Crippen LogP contribution in [0.4, 0.5) is 5.69 Å². The molecule has 1 aromatic carbocycles. The first-order valence-corrected chi connectivity index (χ1v) is 8.32. The molecule has 1 aromatic rings. The molecule has 0 aliphatic carbocycles. The zero-order valence-corrected chi connectivity index (χ0v) is 13.8. The van der Waals surface area contributed by atoms with Crippen LogP contribution < -0.4 is 20.1 Å². The van der Waals surface area contributed by atoms with Crippen LogP contribution >= 0.6 is 0 Å². The number of benzene rings is 1. The Labute approximate surface area is 141 Å². The summed E-state index contributed by atoms with van der Waals surface area (Å²) in [4.78, 5) is 26.3. The van der Waals surface area contributed by atoms with Gasteiger partial charge in [0.25, 0.3) is 0 Å². The number of nitrogens with zero attached hydrogens (tertiary/aromatic N) is 1. The van der Waals surface area contributed by atoms with Crippen LogP contribution in [-0.4, -0.2) is 56.1 Å². The third-order valence-corrected chi connectivity index (χ3v) is 4.27. The maximum absolute atomic E-state index is 12.1. The Balaban J connectivity index is 1.56. The SMILES string of the molecule is CN1CCC(NC(=O)C(=O)Nc2ccc3c(c2)OCCCO3)CC1. The van der Waals surface area contributed by atoms with Crippen molar-refractivity contribution in [1.82, 2.24) is 10.2 Å². The molecule has 24 heavy (non-hydrogen) atoms. The standard InChI is InChI=1S/C17H23N3O4/c1-20-7-5-12(6-8-20)18-16(21)17(22)19-13-3-4-14-15(11-13)24-10-2-9-23-14/h3-4,11-12H,2,5-10H2,1H3,(H,18,21)(H,19,22). The lowest BCUT2D eigenvalue weighted by molar-refractivity contribution is -0.136. The van der Waals surface area contributed by atoms with E-state index in [0.717, 1.165) is 32.4 Å². The summed E-state index contributed by atoms with van der Waals surface area (Å²) in [6, 6.07) is 5.18. The molecule has 0 saturated carbocycles. The van der Waals surface area contributed by atoms with Crippen LogP contribution in [0, 0.1) is 0 Å². The first-order valence-electron chi connectivity index (χ1n) is 8.32. The topological polar surface area (TPSA) is 79.9 Å². The molecule has 7 nitrogen and oxygen atoms in total. The number of ether oxygens (including phenoxy) is 2. The van der Waals surface area contributed by atoms with E-state index < -0.39 is 11.8 Å². The summed E-state index contributed by atoms with van der Waals surface area (Å²) in [6.07, 6.45) is 2.54. The summed E-state index contributed by atoms with van der Waals surface area (Å²) >= 11 is 0. The molecule has 0 atom stereocenters. The number of carbonyl (C=O) groups is 2. The second kappa shape index (κ2) is 7.53. The predicted molar refractivity (Wildman–Crippen MR) is 89.3 cm³/mol. The molecule has 2 amide bonds. The van der Waals surface area contributed by atoms with Crippen molar-refractivity contribution in [1.29, 1.82) is 0 Å². The highest BCUT2D eigenvalue weighted by Crippen LogP contribution is 2.32. The van der Waals surface area contributed by atoms with E-state index in [-0.39, 0.29) is 6.04 Å². The van der Waals surface area contributed by atoms with Crippen molar-refractivity contribution < 1.29 is 19.1 Å². The molecule has 0 spiro atoms. The van der Waals surface area contributed by atoms with E-state index in [1.807, 2.05) is 0 Å². The number of rotatable bonds is 2. The summed E-state index contributed by atoms with van der Waals surface area (Å²) in [5.41, 5.74) is 0.516. The van der Waals surface area contributed by atoms with E-state index in [1.54, 1.807) is 18.2 Å². The Hall–Kier alpha value is -2.28. The van der Waals surface area contributed by atoms with Crippen LogP contribution in [-0.2, 0) is 9.59 Å². The van der Waals surface area contributed by atoms with Gasteiger partial charge in [0.1, 0.15) is 0 Å². The maximum atomic E-state index is 12.1. The Morgan fingerprint density at radius 1 is 1.08 bits per heavy atom. The molecule has 0 bridgehead atoms. The molecule has 130 valence electrons. The average molecular weight is 333 g/mol. The Kier molecular flexibility index (Phi) is 5.20. The molecule has 2 aliphatic rings. The normalized spacial score (nSPS) is 18.5. The summed E-state index contributed by atoms with van der Waals surface area (Å²) in [5.74, 6) is -0.0256. The molecule has 3 rings (SSSR count). The van der Waals surface area contributed by atoms with Crippen molar-refractivity contribution in [2.24, 2.45) is 0 Å². The fourth-order valence-electron chi connectivity index (χ4n) is 2.83. The van der Waals surface area contributed by atoms with Crippen molar-refractivity contribution in [2.75, 3.05) is 38.7 Å². The van der Waals surface area contributed by atoms with Crippen molar-refractivity contribution in [3.05, 3.63) is 18.2 Å². The summed E-state index contributed by atoms with van der Waals surface area (Å²) in [7, 11) is 2.05. The lowest BCUT2D eigenvalue weighted by atomic mass is 10.1. The van der Waals surface area contributed by atoms with Crippen LogP contribution in [0.5, 0.6) is 11.5 Å². The smallest absolute Gasteiger partial charge is 0.313 e. The van der Waals surface area contributed by atoms with Crippen molar-refractivity contribution in [2.45, 2.75) is 25.3 Å². The van der Waals surface area contributed by atoms with E-state index in [2.05, 4.69) is 22.6 Å². The van der Waals surface area contributed by atoms with Crippen LogP contribution in [0.2, 0.25) is 0 Å². The molecule has 0 unspecified atom stereocenters. The Morgan fingerprint density at radius 3 is 2.54 bits per heavy atom. The fourth-order valence-corrected chi connectivity index (χ4v) is 2.83. The second-order valence-corrected chi connectivity index (χ2v) is 6.22. The lowest BCUT2D eigenvalue weighted by Crippen LogP contribution is -2.46. The molecule has 0 radical (unpaired) electrons. The minimum atomic E-state index is -0.664. The quantitative estimate of drug-likeness (QED) is 0.789. The number of fused-ring (bicyclic) bond motifs is 1. The Bertz CT molecular complexity index is 612. The van der Waals surface area contributed by atoms with Gasteiger partial charge in [-0.2, -0.15) is 0 Å². The molecule has 0 aromatic heterocycles. The van der Waals surface area contributed by atoms with Gasteiger partial charge in [-0.1, -0.05) is 0 Å². The highest BCUT2D eigenvalue weighted by molar-refractivity contribution is 6.39. The van der Waals surface area contributed by atoms with Crippen molar-refractivity contribution >= 4 is 17.5 Å². The Morgan fingerprint density at radius 2 is 1.79 bits per heavy atom. The van der Waals surface area contributed by atoms with E-state index in [1.165, 1.54) is 0 Å². The van der Waals surface area contributed by atoms with E-state index in [4.69, 9.17) is 9.47 Å². The average Bonchev–Trinajstić information content (AvgIpc) is 2.81. The number of likely N-dealkylation sites (tertiary alicyclic amines) is 1. The molecule has 1 saturated heterocycles. The zero-order chi connectivity index (χ0) is 16.9. The van der Waals surface area contributed by atoms with E-state index in [0.29, 0.717) is 30.4 Å². The largest absolute Gasteiger partial charge is 0.490 e. The predicted octanol–water partition coefficient (Wildman–Crippen LogP) is 0.997. The van der Waals surface area contributed by atoms with Crippen LogP contribution in [0.15, 0.2) is 18.2 Å². The lowest BCUT2D eigenvalue weighted by Gasteiger charge is -2.29. The van der Waals surface area contributed by atoms with Gasteiger partial charge in [0.2, 0.25) is 0 Å². The van der Waals surface area contributed by atoms with Crippen molar-refractivity contribution in [3.8, 4) is 11.5 Å². The van der Waals surface area contributed by atoms with Crippen LogP contribution in [0.1, 0.15) is 19.3 Å². The van der Waals surface area contributed by atoms with Gasteiger partial charge in [0, 0.05) is 24.2 Å². The van der Waals surface area contributed by atoms with Gasteiger partial charge in [-0.15, -0.1) is 0 Å². The van der Waals surface area contributed by atoms with Crippen molar-refractivity contribution in [3.63, 3.8) is 0 Å². The monoisotopic (exact) mass is 333 g/mol. The minimum Gasteiger partial charge on any atom is -0.490 e.